The van der Waals surface area contributed by atoms with Crippen molar-refractivity contribution in [3.05, 3.63) is 59.5 Å². The van der Waals surface area contributed by atoms with Crippen LogP contribution < -0.4 is 4.72 Å². The second kappa shape index (κ2) is 8.07. The second-order valence-electron chi connectivity index (χ2n) is 6.02. The van der Waals surface area contributed by atoms with Crippen molar-refractivity contribution in [2.75, 3.05) is 13.1 Å². The number of halogens is 1. The summed E-state index contributed by atoms with van der Waals surface area (Å²) < 4.78 is 32.7. The van der Waals surface area contributed by atoms with E-state index in [1.165, 1.54) is 18.2 Å². The molecule has 1 N–H and O–H groups in total. The van der Waals surface area contributed by atoms with E-state index in [0.717, 1.165) is 0 Å². The monoisotopic (exact) mass is 394 g/mol. The highest BCUT2D eigenvalue weighted by Crippen LogP contribution is 2.17. The van der Waals surface area contributed by atoms with Gasteiger partial charge in [0, 0.05) is 30.2 Å². The molecule has 0 aliphatic carbocycles. The Hall–Kier alpha value is -2.09. The van der Waals surface area contributed by atoms with Crippen LogP contribution >= 0.6 is 11.6 Å². The van der Waals surface area contributed by atoms with Gasteiger partial charge in [0.05, 0.1) is 11.2 Å². The number of furan rings is 1. The van der Waals surface area contributed by atoms with E-state index in [-0.39, 0.29) is 16.8 Å². The zero-order chi connectivity index (χ0) is 18.6. The average Bonchev–Trinajstić information content (AvgIpc) is 3.14. The Labute approximate surface area is 157 Å². The lowest BCUT2D eigenvalue weighted by atomic mass is 10.1. The Morgan fingerprint density at radius 2 is 1.88 bits per heavy atom. The molecule has 0 saturated carbocycles. The molecule has 26 heavy (non-hydrogen) atoms. The van der Waals surface area contributed by atoms with Gasteiger partial charge in [0.2, 0.25) is 15.9 Å². The van der Waals surface area contributed by atoms with E-state index in [9.17, 15) is 13.2 Å². The fourth-order valence-electron chi connectivity index (χ4n) is 2.76. The van der Waals surface area contributed by atoms with E-state index in [1.54, 1.807) is 41.5 Å². The molecular weight excluding hydrogens is 376 g/mol. The molecule has 2 aromatic rings. The minimum absolute atomic E-state index is 0.111. The Morgan fingerprint density at radius 1 is 1.19 bits per heavy atom. The van der Waals surface area contributed by atoms with Gasteiger partial charge in [0.15, 0.2) is 0 Å². The van der Waals surface area contributed by atoms with Gasteiger partial charge >= 0.3 is 0 Å². The summed E-state index contributed by atoms with van der Waals surface area (Å²) in [4.78, 5) is 14.1. The number of carbonyl (C=O) groups is 1. The van der Waals surface area contributed by atoms with Crippen LogP contribution in [0.3, 0.4) is 0 Å². The molecule has 1 aliphatic heterocycles. The summed E-state index contributed by atoms with van der Waals surface area (Å²) in [7, 11) is -3.59. The largest absolute Gasteiger partial charge is 0.465 e. The van der Waals surface area contributed by atoms with Crippen molar-refractivity contribution >= 4 is 33.6 Å². The maximum absolute atomic E-state index is 12.4. The molecule has 6 nitrogen and oxygen atoms in total. The number of amides is 1. The van der Waals surface area contributed by atoms with Crippen molar-refractivity contribution < 1.29 is 17.6 Å². The number of hydrogen-bond acceptors (Lipinski definition) is 4. The number of rotatable bonds is 5. The normalized spacial score (nSPS) is 16.3. The van der Waals surface area contributed by atoms with Gasteiger partial charge in [0.25, 0.3) is 0 Å². The number of nitrogens with zero attached hydrogens (tertiary/aromatic N) is 1. The lowest BCUT2D eigenvalue weighted by Gasteiger charge is -2.31. The second-order valence-corrected chi connectivity index (χ2v) is 8.17. The maximum atomic E-state index is 12.4. The van der Waals surface area contributed by atoms with Crippen molar-refractivity contribution in [3.8, 4) is 0 Å². The van der Waals surface area contributed by atoms with Crippen LogP contribution in [0.2, 0.25) is 5.02 Å². The Morgan fingerprint density at radius 3 is 2.50 bits per heavy atom. The molecule has 1 saturated heterocycles. The summed E-state index contributed by atoms with van der Waals surface area (Å²) in [6, 6.07) is 9.36. The molecule has 138 valence electrons. The fourth-order valence-corrected chi connectivity index (χ4v) is 4.19. The summed E-state index contributed by atoms with van der Waals surface area (Å²) >= 11 is 5.79. The molecule has 3 rings (SSSR count). The van der Waals surface area contributed by atoms with Crippen LogP contribution in [0.1, 0.15) is 18.6 Å². The minimum atomic E-state index is -3.59. The van der Waals surface area contributed by atoms with Crippen LogP contribution in [0.5, 0.6) is 0 Å². The zero-order valence-electron chi connectivity index (χ0n) is 14.0. The van der Waals surface area contributed by atoms with Crippen LogP contribution in [-0.2, 0) is 14.8 Å². The lowest BCUT2D eigenvalue weighted by molar-refractivity contribution is -0.126. The topological polar surface area (TPSA) is 79.6 Å². The molecule has 1 amide bonds. The standard InChI is InChI=1S/C18H19ClN2O4S/c19-14-3-6-17(7-4-14)26(23,24)20-15-9-11-21(12-10-15)18(22)8-5-16-2-1-13-25-16/h1-8,13,15,20H,9-12H2. The molecule has 2 heterocycles. The molecule has 0 spiro atoms. The fraction of sp³-hybridized carbons (Fsp3) is 0.278. The van der Waals surface area contributed by atoms with Crippen LogP contribution in [0.25, 0.3) is 6.08 Å². The highest BCUT2D eigenvalue weighted by Gasteiger charge is 2.26. The highest BCUT2D eigenvalue weighted by atomic mass is 35.5. The molecule has 1 aromatic heterocycles. The van der Waals surface area contributed by atoms with Crippen molar-refractivity contribution in [2.45, 2.75) is 23.8 Å². The average molecular weight is 395 g/mol. The molecule has 8 heteroatoms. The van der Waals surface area contributed by atoms with Crippen LogP contribution in [0.15, 0.2) is 58.1 Å². The number of carbonyl (C=O) groups excluding carboxylic acids is 1. The van der Waals surface area contributed by atoms with Crippen molar-refractivity contribution in [3.63, 3.8) is 0 Å². The Bertz CT molecular complexity index is 868. The lowest BCUT2D eigenvalue weighted by Crippen LogP contribution is -2.46. The molecule has 0 radical (unpaired) electrons. The molecule has 0 unspecified atom stereocenters. The van der Waals surface area contributed by atoms with E-state index in [4.69, 9.17) is 16.0 Å². The van der Waals surface area contributed by atoms with Crippen molar-refractivity contribution in [1.82, 2.24) is 9.62 Å². The Kier molecular flexibility index (Phi) is 5.80. The van der Waals surface area contributed by atoms with Gasteiger partial charge in [-0.2, -0.15) is 0 Å². The maximum Gasteiger partial charge on any atom is 0.246 e. The summed E-state index contributed by atoms with van der Waals surface area (Å²) in [6.07, 6.45) is 5.76. The van der Waals surface area contributed by atoms with Gasteiger partial charge < -0.3 is 9.32 Å². The summed E-state index contributed by atoms with van der Waals surface area (Å²) in [5.74, 6) is 0.504. The molecule has 0 bridgehead atoms. The predicted octanol–water partition coefficient (Wildman–Crippen LogP) is 2.92. The number of hydrogen-bond donors (Lipinski definition) is 1. The first-order chi connectivity index (χ1) is 12.4. The number of nitrogens with one attached hydrogen (secondary N) is 1. The van der Waals surface area contributed by atoms with Crippen molar-refractivity contribution in [2.24, 2.45) is 0 Å². The molecular formula is C18H19ClN2O4S. The molecule has 0 atom stereocenters. The molecule has 1 aliphatic rings. The first-order valence-corrected chi connectivity index (χ1v) is 10.1. The van der Waals surface area contributed by atoms with Gasteiger partial charge in [-0.1, -0.05) is 11.6 Å². The van der Waals surface area contributed by atoms with Crippen LogP contribution in [0, 0.1) is 0 Å². The van der Waals surface area contributed by atoms with Crippen LogP contribution in [-0.4, -0.2) is 38.4 Å². The predicted molar refractivity (Wildman–Crippen MR) is 99.1 cm³/mol. The van der Waals surface area contributed by atoms with E-state index < -0.39 is 10.0 Å². The van der Waals surface area contributed by atoms with Gasteiger partial charge in [-0.25, -0.2) is 13.1 Å². The van der Waals surface area contributed by atoms with Gasteiger partial charge in [0.1, 0.15) is 5.76 Å². The van der Waals surface area contributed by atoms with E-state index in [2.05, 4.69) is 4.72 Å². The van der Waals surface area contributed by atoms with Gasteiger partial charge in [-0.15, -0.1) is 0 Å². The van der Waals surface area contributed by atoms with E-state index in [1.807, 2.05) is 0 Å². The number of sulfonamides is 1. The Balaban J connectivity index is 1.53. The van der Waals surface area contributed by atoms with Gasteiger partial charge in [-0.05, 0) is 55.3 Å². The quantitative estimate of drug-likeness (QED) is 0.791. The molecule has 1 aromatic carbocycles. The number of likely N-dealkylation sites (tertiary alicyclic amines) is 1. The third kappa shape index (κ3) is 4.75. The third-order valence-electron chi connectivity index (χ3n) is 4.19. The van der Waals surface area contributed by atoms with Gasteiger partial charge in [-0.3, -0.25) is 4.79 Å². The smallest absolute Gasteiger partial charge is 0.246 e. The first-order valence-electron chi connectivity index (χ1n) is 8.22. The first kappa shape index (κ1) is 18.7. The van der Waals surface area contributed by atoms with Crippen molar-refractivity contribution in [1.29, 1.82) is 0 Å². The molecule has 1 fully saturated rings. The summed E-state index contributed by atoms with van der Waals surface area (Å²) in [5.41, 5.74) is 0. The highest BCUT2D eigenvalue weighted by molar-refractivity contribution is 7.89. The van der Waals surface area contributed by atoms with E-state index >= 15 is 0 Å². The SMILES string of the molecule is O=C(C=Cc1ccco1)N1CCC(NS(=O)(=O)c2ccc(Cl)cc2)CC1. The number of piperidine rings is 1. The number of benzene rings is 1. The van der Waals surface area contributed by atoms with Crippen LogP contribution in [0.4, 0.5) is 0 Å². The third-order valence-corrected chi connectivity index (χ3v) is 5.97. The summed E-state index contributed by atoms with van der Waals surface area (Å²) in [5, 5.41) is 0.485. The minimum Gasteiger partial charge on any atom is -0.465 e. The summed E-state index contributed by atoms with van der Waals surface area (Å²) in [6.45, 7) is 0.990. The van der Waals surface area contributed by atoms with E-state index in [0.29, 0.717) is 36.7 Å². The zero-order valence-corrected chi connectivity index (χ0v) is 15.5.